The number of hydrogen-bond acceptors (Lipinski definition) is 6. The van der Waals surface area contributed by atoms with Gasteiger partial charge in [0.1, 0.15) is 17.5 Å². The number of anilines is 2. The van der Waals surface area contributed by atoms with Gasteiger partial charge in [-0.2, -0.15) is 4.72 Å². The molecule has 2 aromatic rings. The zero-order chi connectivity index (χ0) is 24.2. The van der Waals surface area contributed by atoms with Gasteiger partial charge in [-0.1, -0.05) is 13.8 Å². The minimum atomic E-state index is -3.94. The van der Waals surface area contributed by atoms with E-state index in [4.69, 9.17) is 9.47 Å². The number of nitrogens with one attached hydrogen (secondary N) is 2. The number of ether oxygens (including phenoxy) is 2. The zero-order valence-electron chi connectivity index (χ0n) is 19.1. The summed E-state index contributed by atoms with van der Waals surface area (Å²) in [5.74, 6) is 0.177. The van der Waals surface area contributed by atoms with Crippen molar-refractivity contribution in [2.24, 2.45) is 5.92 Å². The fourth-order valence-electron chi connectivity index (χ4n) is 3.58. The molecule has 178 valence electrons. The van der Waals surface area contributed by atoms with E-state index in [9.17, 15) is 18.0 Å². The van der Waals surface area contributed by atoms with Gasteiger partial charge in [0.2, 0.25) is 21.8 Å². The van der Waals surface area contributed by atoms with Gasteiger partial charge in [0.25, 0.3) is 0 Å². The largest absolute Gasteiger partial charge is 0.497 e. The topological polar surface area (TPSA) is 114 Å². The van der Waals surface area contributed by atoms with Gasteiger partial charge in [-0.25, -0.2) is 8.42 Å². The highest BCUT2D eigenvalue weighted by Gasteiger charge is 2.29. The monoisotopic (exact) mass is 475 g/mol. The Labute approximate surface area is 194 Å². The van der Waals surface area contributed by atoms with Crippen molar-refractivity contribution in [2.45, 2.75) is 37.6 Å². The van der Waals surface area contributed by atoms with Crippen LogP contribution >= 0.6 is 0 Å². The Morgan fingerprint density at radius 2 is 1.76 bits per heavy atom. The smallest absolute Gasteiger partial charge is 0.242 e. The first-order valence-electron chi connectivity index (χ1n) is 10.6. The predicted octanol–water partition coefficient (Wildman–Crippen LogP) is 2.77. The van der Waals surface area contributed by atoms with Crippen molar-refractivity contribution in [1.29, 1.82) is 0 Å². The number of hydrogen-bond donors (Lipinski definition) is 2. The van der Waals surface area contributed by atoms with Crippen LogP contribution in [0, 0.1) is 5.92 Å². The molecule has 0 spiro atoms. The number of sulfonamides is 1. The molecule has 2 amide bonds. The lowest BCUT2D eigenvalue weighted by Crippen LogP contribution is -2.47. The summed E-state index contributed by atoms with van der Waals surface area (Å²) in [6, 6.07) is 9.90. The summed E-state index contributed by atoms with van der Waals surface area (Å²) >= 11 is 0. The second-order valence-corrected chi connectivity index (χ2v) is 9.76. The molecule has 33 heavy (non-hydrogen) atoms. The van der Waals surface area contributed by atoms with Gasteiger partial charge in [-0.05, 0) is 48.7 Å². The average molecular weight is 476 g/mol. The van der Waals surface area contributed by atoms with Gasteiger partial charge in [-0.15, -0.1) is 0 Å². The fourth-order valence-corrected chi connectivity index (χ4v) is 4.93. The third-order valence-corrected chi connectivity index (χ3v) is 6.87. The van der Waals surface area contributed by atoms with Crippen LogP contribution in [-0.2, 0) is 19.6 Å². The van der Waals surface area contributed by atoms with Crippen molar-refractivity contribution in [3.05, 3.63) is 42.5 Å². The first kappa shape index (κ1) is 24.5. The molecule has 2 N–H and O–H groups in total. The van der Waals surface area contributed by atoms with E-state index in [1.165, 1.54) is 38.5 Å². The summed E-state index contributed by atoms with van der Waals surface area (Å²) in [7, 11) is -0.956. The van der Waals surface area contributed by atoms with Gasteiger partial charge in [0.05, 0.1) is 24.8 Å². The van der Waals surface area contributed by atoms with E-state index in [0.29, 0.717) is 35.8 Å². The number of benzene rings is 2. The number of nitrogens with zero attached hydrogens (tertiary/aromatic N) is 1. The molecule has 0 unspecified atom stereocenters. The summed E-state index contributed by atoms with van der Waals surface area (Å²) in [5, 5.41) is 2.75. The summed E-state index contributed by atoms with van der Waals surface area (Å²) in [5.41, 5.74) is 1.07. The van der Waals surface area contributed by atoms with Gasteiger partial charge in [-0.3, -0.25) is 9.59 Å². The highest BCUT2D eigenvalue weighted by atomic mass is 32.2. The van der Waals surface area contributed by atoms with E-state index < -0.39 is 22.0 Å². The molecule has 10 heteroatoms. The van der Waals surface area contributed by atoms with Crippen LogP contribution in [0.1, 0.15) is 26.7 Å². The van der Waals surface area contributed by atoms with E-state index in [-0.39, 0.29) is 16.7 Å². The SMILES string of the molecule is COc1ccc(S(=O)(=O)N[C@H](C(=O)Nc2ccc(N3CCCC3=O)c(OC)c2)C(C)C)cc1. The second-order valence-electron chi connectivity index (χ2n) is 8.04. The molecule has 0 aromatic heterocycles. The number of amides is 2. The van der Waals surface area contributed by atoms with Crippen LogP contribution in [0.2, 0.25) is 0 Å². The van der Waals surface area contributed by atoms with E-state index >= 15 is 0 Å². The Bertz CT molecular complexity index is 1120. The van der Waals surface area contributed by atoms with Crippen LogP contribution in [0.15, 0.2) is 47.4 Å². The number of carbonyl (C=O) groups is 2. The molecule has 1 fully saturated rings. The van der Waals surface area contributed by atoms with E-state index in [1.807, 2.05) is 0 Å². The summed E-state index contributed by atoms with van der Waals surface area (Å²) in [4.78, 5) is 26.8. The zero-order valence-corrected chi connectivity index (χ0v) is 19.9. The van der Waals surface area contributed by atoms with Gasteiger partial charge in [0, 0.05) is 24.7 Å². The Balaban J connectivity index is 1.78. The van der Waals surface area contributed by atoms with Crippen molar-refractivity contribution >= 4 is 33.2 Å². The molecule has 1 aliphatic rings. The van der Waals surface area contributed by atoms with Crippen molar-refractivity contribution < 1.29 is 27.5 Å². The summed E-state index contributed by atoms with van der Waals surface area (Å²) < 4.78 is 38.7. The standard InChI is InChI=1S/C23H29N3O6S/c1-15(2)22(25-33(29,30)18-10-8-17(31-3)9-11-18)23(28)24-16-7-12-19(20(14-16)32-4)26-13-5-6-21(26)27/h7-12,14-15,22,25H,5-6,13H2,1-4H3,(H,24,28)/t22-/m0/s1. The average Bonchev–Trinajstić information content (AvgIpc) is 3.22. The van der Waals surface area contributed by atoms with Crippen LogP contribution < -0.4 is 24.4 Å². The van der Waals surface area contributed by atoms with Crippen molar-refractivity contribution in [3.63, 3.8) is 0 Å². The Morgan fingerprint density at radius 1 is 1.06 bits per heavy atom. The minimum Gasteiger partial charge on any atom is -0.497 e. The van der Waals surface area contributed by atoms with Crippen LogP contribution in [0.4, 0.5) is 11.4 Å². The summed E-state index contributed by atoms with van der Waals surface area (Å²) in [6.07, 6.45) is 1.27. The van der Waals surface area contributed by atoms with Crippen LogP contribution in [0.25, 0.3) is 0 Å². The van der Waals surface area contributed by atoms with Gasteiger partial charge >= 0.3 is 0 Å². The molecule has 9 nitrogen and oxygen atoms in total. The summed E-state index contributed by atoms with van der Waals surface area (Å²) in [6.45, 7) is 4.12. The first-order valence-corrected chi connectivity index (χ1v) is 12.1. The van der Waals surface area contributed by atoms with E-state index in [2.05, 4.69) is 10.0 Å². The maximum atomic E-state index is 13.0. The number of rotatable bonds is 9. The highest BCUT2D eigenvalue weighted by Crippen LogP contribution is 2.34. The van der Waals surface area contributed by atoms with Crippen molar-refractivity contribution in [3.8, 4) is 11.5 Å². The molecule has 2 aromatic carbocycles. The van der Waals surface area contributed by atoms with Crippen LogP contribution in [-0.4, -0.2) is 47.0 Å². The molecular weight excluding hydrogens is 446 g/mol. The van der Waals surface area contributed by atoms with E-state index in [1.54, 1.807) is 36.9 Å². The molecule has 1 saturated heterocycles. The Kier molecular flexibility index (Phi) is 7.60. The maximum absolute atomic E-state index is 13.0. The van der Waals surface area contributed by atoms with Crippen LogP contribution in [0.3, 0.4) is 0 Å². The lowest BCUT2D eigenvalue weighted by molar-refractivity contribution is -0.119. The molecule has 3 rings (SSSR count). The van der Waals surface area contributed by atoms with E-state index in [0.717, 1.165) is 6.42 Å². The predicted molar refractivity (Wildman–Crippen MR) is 125 cm³/mol. The van der Waals surface area contributed by atoms with Gasteiger partial charge in [0.15, 0.2) is 0 Å². The molecule has 1 aliphatic heterocycles. The van der Waals surface area contributed by atoms with Crippen molar-refractivity contribution in [2.75, 3.05) is 31.0 Å². The molecule has 0 aliphatic carbocycles. The maximum Gasteiger partial charge on any atom is 0.242 e. The molecule has 0 radical (unpaired) electrons. The lowest BCUT2D eigenvalue weighted by Gasteiger charge is -2.23. The lowest BCUT2D eigenvalue weighted by atomic mass is 10.0. The highest BCUT2D eigenvalue weighted by molar-refractivity contribution is 7.89. The molecule has 1 heterocycles. The number of carbonyl (C=O) groups excluding carboxylic acids is 2. The molecule has 1 atom stereocenters. The van der Waals surface area contributed by atoms with Gasteiger partial charge < -0.3 is 19.7 Å². The molecular formula is C23H29N3O6S. The molecule has 0 saturated carbocycles. The Morgan fingerprint density at radius 3 is 2.30 bits per heavy atom. The fraction of sp³-hybridized carbons (Fsp3) is 0.391. The normalized spacial score (nSPS) is 14.9. The Hall–Kier alpha value is -3.11. The van der Waals surface area contributed by atoms with Crippen molar-refractivity contribution in [1.82, 2.24) is 4.72 Å². The quantitative estimate of drug-likeness (QED) is 0.577. The second kappa shape index (κ2) is 10.2. The minimum absolute atomic E-state index is 0.0258. The third kappa shape index (κ3) is 5.63. The number of methoxy groups -OCH3 is 2. The first-order chi connectivity index (χ1) is 15.7. The third-order valence-electron chi connectivity index (χ3n) is 5.41. The van der Waals surface area contributed by atoms with Crippen LogP contribution in [0.5, 0.6) is 11.5 Å². The molecule has 0 bridgehead atoms.